The smallest absolute Gasteiger partial charge is 0.127 e. The van der Waals surface area contributed by atoms with Crippen molar-refractivity contribution >= 4 is 21.6 Å². The van der Waals surface area contributed by atoms with E-state index in [9.17, 15) is 0 Å². The summed E-state index contributed by atoms with van der Waals surface area (Å²) >= 11 is 1.79. The Hall–Kier alpha value is -2.39. The van der Waals surface area contributed by atoms with Crippen LogP contribution in [-0.4, -0.2) is 9.78 Å². The fraction of sp³-hybridized carbons (Fsp3) is 0.0556. The first kappa shape index (κ1) is 12.4. The second-order valence-corrected chi connectivity index (χ2v) is 6.06. The van der Waals surface area contributed by atoms with E-state index >= 15 is 0 Å². The zero-order valence-electron chi connectivity index (χ0n) is 11.7. The van der Waals surface area contributed by atoms with Crippen LogP contribution in [0.1, 0.15) is 5.69 Å². The molecular formula is C18H14N2S. The molecule has 0 aliphatic carbocycles. The maximum Gasteiger partial charge on any atom is 0.127 e. The van der Waals surface area contributed by atoms with Crippen molar-refractivity contribution in [2.75, 3.05) is 0 Å². The van der Waals surface area contributed by atoms with Gasteiger partial charge in [-0.3, -0.25) is 0 Å². The van der Waals surface area contributed by atoms with Crippen molar-refractivity contribution in [3.8, 4) is 16.1 Å². The van der Waals surface area contributed by atoms with Gasteiger partial charge in [-0.25, -0.2) is 4.68 Å². The largest absolute Gasteiger partial charge is 0.223 e. The van der Waals surface area contributed by atoms with Crippen LogP contribution in [0.15, 0.2) is 66.7 Å². The van der Waals surface area contributed by atoms with Gasteiger partial charge in [0.2, 0.25) is 0 Å². The standard InChI is InChI=1S/C18H14N2S/c1-13-16-12-17(14-8-4-2-5-9-14)21-18(16)20(19-13)15-10-6-3-7-11-15/h2-12H,1H3. The highest BCUT2D eigenvalue weighted by Gasteiger charge is 2.13. The van der Waals surface area contributed by atoms with Gasteiger partial charge < -0.3 is 0 Å². The number of para-hydroxylation sites is 1. The normalized spacial score (nSPS) is 11.1. The molecule has 102 valence electrons. The number of benzene rings is 2. The molecule has 0 saturated heterocycles. The molecule has 0 atom stereocenters. The Morgan fingerprint density at radius 3 is 2.29 bits per heavy atom. The number of nitrogens with zero attached hydrogens (tertiary/aromatic N) is 2. The lowest BCUT2D eigenvalue weighted by molar-refractivity contribution is 0.894. The lowest BCUT2D eigenvalue weighted by Crippen LogP contribution is -1.94. The minimum absolute atomic E-state index is 1.08. The van der Waals surface area contributed by atoms with Crippen molar-refractivity contribution < 1.29 is 0 Å². The molecule has 2 heterocycles. The van der Waals surface area contributed by atoms with E-state index < -0.39 is 0 Å². The van der Waals surface area contributed by atoms with Gasteiger partial charge in [-0.1, -0.05) is 48.5 Å². The van der Waals surface area contributed by atoms with Crippen LogP contribution in [-0.2, 0) is 0 Å². The van der Waals surface area contributed by atoms with Gasteiger partial charge in [-0.2, -0.15) is 5.10 Å². The van der Waals surface area contributed by atoms with Crippen LogP contribution in [0.2, 0.25) is 0 Å². The quantitative estimate of drug-likeness (QED) is 0.504. The predicted molar refractivity (Wildman–Crippen MR) is 89.1 cm³/mol. The molecule has 21 heavy (non-hydrogen) atoms. The Labute approximate surface area is 127 Å². The van der Waals surface area contributed by atoms with E-state index in [1.54, 1.807) is 11.3 Å². The maximum absolute atomic E-state index is 4.68. The molecule has 4 rings (SSSR count). The molecule has 0 amide bonds. The van der Waals surface area contributed by atoms with E-state index in [0.717, 1.165) is 11.4 Å². The van der Waals surface area contributed by atoms with Crippen LogP contribution in [0.3, 0.4) is 0 Å². The van der Waals surface area contributed by atoms with Gasteiger partial charge in [0.05, 0.1) is 11.4 Å². The monoisotopic (exact) mass is 290 g/mol. The first-order valence-corrected chi connectivity index (χ1v) is 7.74. The highest BCUT2D eigenvalue weighted by Crippen LogP contribution is 2.36. The van der Waals surface area contributed by atoms with E-state index in [-0.39, 0.29) is 0 Å². The van der Waals surface area contributed by atoms with E-state index in [4.69, 9.17) is 0 Å². The summed E-state index contributed by atoms with van der Waals surface area (Å²) in [5.74, 6) is 0. The maximum atomic E-state index is 4.68. The van der Waals surface area contributed by atoms with Crippen LogP contribution in [0, 0.1) is 6.92 Å². The van der Waals surface area contributed by atoms with Gasteiger partial charge in [-0.15, -0.1) is 11.3 Å². The van der Waals surface area contributed by atoms with Crippen molar-refractivity contribution in [3.63, 3.8) is 0 Å². The van der Waals surface area contributed by atoms with Gasteiger partial charge >= 0.3 is 0 Å². The van der Waals surface area contributed by atoms with E-state index in [1.165, 1.54) is 20.7 Å². The Morgan fingerprint density at radius 1 is 0.905 bits per heavy atom. The zero-order chi connectivity index (χ0) is 14.2. The summed E-state index contributed by atoms with van der Waals surface area (Å²) in [6, 6.07) is 23.1. The molecule has 0 unspecified atom stereocenters. The first-order chi connectivity index (χ1) is 10.3. The second kappa shape index (κ2) is 4.86. The average molecular weight is 290 g/mol. The molecular weight excluding hydrogens is 276 g/mol. The van der Waals surface area contributed by atoms with Crippen molar-refractivity contribution in [3.05, 3.63) is 72.4 Å². The van der Waals surface area contributed by atoms with Crippen molar-refractivity contribution in [1.29, 1.82) is 0 Å². The molecule has 0 bridgehead atoms. The lowest BCUT2D eigenvalue weighted by Gasteiger charge is -2.01. The zero-order valence-corrected chi connectivity index (χ0v) is 12.5. The molecule has 0 radical (unpaired) electrons. The number of aryl methyl sites for hydroxylation is 1. The molecule has 0 spiro atoms. The Balaban J connectivity index is 1.93. The van der Waals surface area contributed by atoms with Crippen LogP contribution in [0.4, 0.5) is 0 Å². The molecule has 2 aromatic carbocycles. The van der Waals surface area contributed by atoms with Gasteiger partial charge in [0.25, 0.3) is 0 Å². The SMILES string of the molecule is Cc1nn(-c2ccccc2)c2sc(-c3ccccc3)cc12. The van der Waals surface area contributed by atoms with E-state index in [2.05, 4.69) is 54.5 Å². The van der Waals surface area contributed by atoms with Crippen molar-refractivity contribution in [2.24, 2.45) is 0 Å². The number of rotatable bonds is 2. The second-order valence-electron chi connectivity index (χ2n) is 5.03. The summed E-state index contributed by atoms with van der Waals surface area (Å²) < 4.78 is 2.04. The highest BCUT2D eigenvalue weighted by molar-refractivity contribution is 7.22. The molecule has 2 nitrogen and oxygen atoms in total. The molecule has 0 aliphatic rings. The minimum atomic E-state index is 1.08. The lowest BCUT2D eigenvalue weighted by atomic mass is 10.2. The number of hydrogen-bond acceptors (Lipinski definition) is 2. The summed E-state index contributed by atoms with van der Waals surface area (Å²) in [4.78, 5) is 2.49. The van der Waals surface area contributed by atoms with Gasteiger partial charge in [0.1, 0.15) is 4.83 Å². The van der Waals surface area contributed by atoms with E-state index in [1.807, 2.05) is 28.9 Å². The summed E-state index contributed by atoms with van der Waals surface area (Å²) in [5, 5.41) is 5.92. The van der Waals surface area contributed by atoms with Crippen LogP contribution < -0.4 is 0 Å². The van der Waals surface area contributed by atoms with Crippen LogP contribution in [0.5, 0.6) is 0 Å². The Kier molecular flexibility index (Phi) is 2.86. The average Bonchev–Trinajstić information content (AvgIpc) is 3.10. The molecule has 4 aromatic rings. The van der Waals surface area contributed by atoms with Crippen molar-refractivity contribution in [1.82, 2.24) is 9.78 Å². The number of fused-ring (bicyclic) bond motifs is 1. The van der Waals surface area contributed by atoms with Gasteiger partial charge in [0.15, 0.2) is 0 Å². The molecule has 0 aliphatic heterocycles. The molecule has 0 fully saturated rings. The third-order valence-electron chi connectivity index (χ3n) is 3.60. The third kappa shape index (κ3) is 2.06. The molecule has 2 aromatic heterocycles. The number of aromatic nitrogens is 2. The molecule has 3 heteroatoms. The molecule has 0 N–H and O–H groups in total. The molecule has 0 saturated carbocycles. The predicted octanol–water partition coefficient (Wildman–Crippen LogP) is 5.06. The van der Waals surface area contributed by atoms with Crippen molar-refractivity contribution in [2.45, 2.75) is 6.92 Å². The summed E-state index contributed by atoms with van der Waals surface area (Å²) in [6.45, 7) is 2.07. The minimum Gasteiger partial charge on any atom is -0.223 e. The summed E-state index contributed by atoms with van der Waals surface area (Å²) in [6.07, 6.45) is 0. The Morgan fingerprint density at radius 2 is 1.57 bits per heavy atom. The third-order valence-corrected chi connectivity index (χ3v) is 4.76. The van der Waals surface area contributed by atoms with E-state index in [0.29, 0.717) is 0 Å². The van der Waals surface area contributed by atoms with Gasteiger partial charge in [-0.05, 0) is 30.7 Å². The summed E-state index contributed by atoms with van der Waals surface area (Å²) in [5.41, 5.74) is 3.45. The number of hydrogen-bond donors (Lipinski definition) is 0. The van der Waals surface area contributed by atoms with Gasteiger partial charge in [0, 0.05) is 10.3 Å². The number of thiophene rings is 1. The fourth-order valence-electron chi connectivity index (χ4n) is 2.54. The highest BCUT2D eigenvalue weighted by atomic mass is 32.1. The Bertz CT molecular complexity index is 889. The first-order valence-electron chi connectivity index (χ1n) is 6.93. The topological polar surface area (TPSA) is 17.8 Å². The van der Waals surface area contributed by atoms with Crippen LogP contribution >= 0.6 is 11.3 Å². The summed E-state index contributed by atoms with van der Waals surface area (Å²) in [7, 11) is 0. The fourth-order valence-corrected chi connectivity index (χ4v) is 3.72. The van der Waals surface area contributed by atoms with Crippen LogP contribution in [0.25, 0.3) is 26.3 Å².